The lowest BCUT2D eigenvalue weighted by Gasteiger charge is -2.16. The van der Waals surface area contributed by atoms with Crippen molar-refractivity contribution in [1.29, 1.82) is 0 Å². The van der Waals surface area contributed by atoms with E-state index >= 15 is 0 Å². The quantitative estimate of drug-likeness (QED) is 0.732. The fourth-order valence-electron chi connectivity index (χ4n) is 1.85. The molecule has 1 rings (SSSR count). The van der Waals surface area contributed by atoms with E-state index in [-0.39, 0.29) is 0 Å². The fraction of sp³-hybridized carbons (Fsp3) is 0.600. The van der Waals surface area contributed by atoms with Crippen molar-refractivity contribution >= 4 is 0 Å². The first-order chi connectivity index (χ1) is 8.11. The van der Waals surface area contributed by atoms with E-state index in [1.165, 1.54) is 11.1 Å². The minimum absolute atomic E-state index is 0.388. The highest BCUT2D eigenvalue weighted by Crippen LogP contribution is 2.16. The Morgan fingerprint density at radius 3 is 2.53 bits per heavy atom. The van der Waals surface area contributed by atoms with Gasteiger partial charge in [-0.25, -0.2) is 0 Å². The predicted molar refractivity (Wildman–Crippen MR) is 73.3 cm³/mol. The van der Waals surface area contributed by atoms with Gasteiger partial charge in [0.2, 0.25) is 0 Å². The molecular weight excluding hydrogens is 210 g/mol. The first-order valence-electron chi connectivity index (χ1n) is 6.48. The maximum absolute atomic E-state index is 5.55. The molecule has 0 aliphatic rings. The van der Waals surface area contributed by atoms with Gasteiger partial charge in [-0.3, -0.25) is 0 Å². The van der Waals surface area contributed by atoms with E-state index in [9.17, 15) is 0 Å². The Hall–Kier alpha value is -0.860. The van der Waals surface area contributed by atoms with Gasteiger partial charge in [-0.05, 0) is 30.9 Å². The van der Waals surface area contributed by atoms with Crippen molar-refractivity contribution < 1.29 is 4.74 Å². The van der Waals surface area contributed by atoms with Crippen LogP contribution in [0, 0.1) is 12.8 Å². The van der Waals surface area contributed by atoms with E-state index in [0.717, 1.165) is 19.8 Å². The van der Waals surface area contributed by atoms with Crippen LogP contribution in [0.2, 0.25) is 0 Å². The minimum Gasteiger partial charge on any atom is -0.380 e. The largest absolute Gasteiger partial charge is 0.380 e. The number of benzene rings is 1. The number of ether oxygens (including phenoxy) is 1. The Kier molecular flexibility index (Phi) is 6.23. The molecule has 1 aromatic rings. The third kappa shape index (κ3) is 5.33. The van der Waals surface area contributed by atoms with Gasteiger partial charge >= 0.3 is 0 Å². The molecule has 1 unspecified atom stereocenters. The molecule has 2 nitrogen and oxygen atoms in total. The standard InChI is InChI=1S/C15H25NO/c1-12(2)11-17-10-9-16-14(4)15-8-6-5-7-13(15)3/h5-8,12,14,16H,9-11H2,1-4H3. The number of rotatable bonds is 7. The predicted octanol–water partition coefficient (Wildman–Crippen LogP) is 3.32. The summed E-state index contributed by atoms with van der Waals surface area (Å²) in [5.41, 5.74) is 2.71. The molecule has 1 aromatic carbocycles. The van der Waals surface area contributed by atoms with Crippen molar-refractivity contribution in [3.8, 4) is 0 Å². The fourth-order valence-corrected chi connectivity index (χ4v) is 1.85. The smallest absolute Gasteiger partial charge is 0.0591 e. The molecule has 1 N–H and O–H groups in total. The maximum atomic E-state index is 5.55. The summed E-state index contributed by atoms with van der Waals surface area (Å²) in [6.45, 7) is 11.2. The molecule has 17 heavy (non-hydrogen) atoms. The summed E-state index contributed by atoms with van der Waals surface area (Å²) < 4.78 is 5.55. The Morgan fingerprint density at radius 2 is 1.88 bits per heavy atom. The van der Waals surface area contributed by atoms with Gasteiger partial charge < -0.3 is 10.1 Å². The second-order valence-corrected chi connectivity index (χ2v) is 5.00. The van der Waals surface area contributed by atoms with Gasteiger partial charge in [0.15, 0.2) is 0 Å². The van der Waals surface area contributed by atoms with E-state index in [0.29, 0.717) is 12.0 Å². The van der Waals surface area contributed by atoms with Gasteiger partial charge in [0.05, 0.1) is 6.61 Å². The number of nitrogens with one attached hydrogen (secondary N) is 1. The van der Waals surface area contributed by atoms with Crippen LogP contribution in [-0.4, -0.2) is 19.8 Å². The van der Waals surface area contributed by atoms with Gasteiger partial charge in [0, 0.05) is 19.2 Å². The summed E-state index contributed by atoms with van der Waals surface area (Å²) in [6.07, 6.45) is 0. The van der Waals surface area contributed by atoms with Crippen LogP contribution < -0.4 is 5.32 Å². The highest BCUT2D eigenvalue weighted by molar-refractivity contribution is 5.28. The van der Waals surface area contributed by atoms with E-state index in [1.54, 1.807) is 0 Å². The van der Waals surface area contributed by atoms with Gasteiger partial charge in [-0.2, -0.15) is 0 Å². The zero-order valence-corrected chi connectivity index (χ0v) is 11.5. The van der Waals surface area contributed by atoms with Crippen LogP contribution in [0.3, 0.4) is 0 Å². The van der Waals surface area contributed by atoms with Crippen molar-refractivity contribution in [2.75, 3.05) is 19.8 Å². The first-order valence-corrected chi connectivity index (χ1v) is 6.48. The lowest BCUT2D eigenvalue weighted by atomic mass is 10.0. The molecule has 2 heteroatoms. The highest BCUT2D eigenvalue weighted by Gasteiger charge is 2.06. The normalized spacial score (nSPS) is 13.0. The summed E-state index contributed by atoms with van der Waals surface area (Å²) in [5.74, 6) is 0.615. The monoisotopic (exact) mass is 235 g/mol. The summed E-state index contributed by atoms with van der Waals surface area (Å²) in [6, 6.07) is 8.90. The van der Waals surface area contributed by atoms with Crippen LogP contribution in [0.4, 0.5) is 0 Å². The number of aryl methyl sites for hydroxylation is 1. The van der Waals surface area contributed by atoms with Crippen molar-refractivity contribution in [2.24, 2.45) is 5.92 Å². The molecule has 0 bridgehead atoms. The van der Waals surface area contributed by atoms with Crippen LogP contribution in [0.5, 0.6) is 0 Å². The average Bonchev–Trinajstić information content (AvgIpc) is 2.28. The lowest BCUT2D eigenvalue weighted by Crippen LogP contribution is -2.24. The third-order valence-corrected chi connectivity index (χ3v) is 2.80. The van der Waals surface area contributed by atoms with Gasteiger partial charge in [-0.1, -0.05) is 38.1 Å². The minimum atomic E-state index is 0.388. The molecule has 0 aliphatic carbocycles. The van der Waals surface area contributed by atoms with E-state index < -0.39 is 0 Å². The van der Waals surface area contributed by atoms with Crippen LogP contribution >= 0.6 is 0 Å². The molecule has 0 saturated heterocycles. The maximum Gasteiger partial charge on any atom is 0.0591 e. The molecule has 1 atom stereocenters. The summed E-state index contributed by atoms with van der Waals surface area (Å²) >= 11 is 0. The summed E-state index contributed by atoms with van der Waals surface area (Å²) in [7, 11) is 0. The molecule has 0 radical (unpaired) electrons. The first kappa shape index (κ1) is 14.2. The average molecular weight is 235 g/mol. The Balaban J connectivity index is 2.26. The lowest BCUT2D eigenvalue weighted by molar-refractivity contribution is 0.110. The SMILES string of the molecule is Cc1ccccc1C(C)NCCOCC(C)C. The Labute approximate surface area is 105 Å². The van der Waals surface area contributed by atoms with Gasteiger partial charge in [-0.15, -0.1) is 0 Å². The molecule has 0 aromatic heterocycles. The molecule has 0 spiro atoms. The number of hydrogen-bond donors (Lipinski definition) is 1. The highest BCUT2D eigenvalue weighted by atomic mass is 16.5. The Bertz CT molecular complexity index is 322. The summed E-state index contributed by atoms with van der Waals surface area (Å²) in [5, 5.41) is 3.49. The van der Waals surface area contributed by atoms with Crippen LogP contribution in [0.25, 0.3) is 0 Å². The zero-order chi connectivity index (χ0) is 12.7. The topological polar surface area (TPSA) is 21.3 Å². The van der Waals surface area contributed by atoms with Crippen LogP contribution in [0.15, 0.2) is 24.3 Å². The van der Waals surface area contributed by atoms with Crippen molar-refractivity contribution in [2.45, 2.75) is 33.7 Å². The molecule has 0 amide bonds. The molecular formula is C15H25NO. The van der Waals surface area contributed by atoms with Crippen LogP contribution in [0.1, 0.15) is 37.9 Å². The molecule has 0 heterocycles. The second-order valence-electron chi connectivity index (χ2n) is 5.00. The molecule has 96 valence electrons. The zero-order valence-electron chi connectivity index (χ0n) is 11.5. The second kappa shape index (κ2) is 7.46. The van der Waals surface area contributed by atoms with Gasteiger partial charge in [0.25, 0.3) is 0 Å². The van der Waals surface area contributed by atoms with Gasteiger partial charge in [0.1, 0.15) is 0 Å². The van der Waals surface area contributed by atoms with E-state index in [4.69, 9.17) is 4.74 Å². The molecule has 0 saturated carbocycles. The van der Waals surface area contributed by atoms with Crippen LogP contribution in [-0.2, 0) is 4.74 Å². The van der Waals surface area contributed by atoms with Crippen molar-refractivity contribution in [1.82, 2.24) is 5.32 Å². The van der Waals surface area contributed by atoms with Crippen molar-refractivity contribution in [3.63, 3.8) is 0 Å². The van der Waals surface area contributed by atoms with E-state index in [1.807, 2.05) is 0 Å². The summed E-state index contributed by atoms with van der Waals surface area (Å²) in [4.78, 5) is 0. The third-order valence-electron chi connectivity index (χ3n) is 2.80. The molecule has 0 aliphatic heterocycles. The Morgan fingerprint density at radius 1 is 1.18 bits per heavy atom. The number of hydrogen-bond acceptors (Lipinski definition) is 2. The van der Waals surface area contributed by atoms with E-state index in [2.05, 4.69) is 57.3 Å². The van der Waals surface area contributed by atoms with Crippen molar-refractivity contribution in [3.05, 3.63) is 35.4 Å². The molecule has 0 fully saturated rings.